The number of carbonyl (C=O) groups is 1. The number of hydrogen-bond acceptors (Lipinski definition) is 7. The average molecular weight is 425 g/mol. The summed E-state index contributed by atoms with van der Waals surface area (Å²) in [6.07, 6.45) is 1.94. The van der Waals surface area contributed by atoms with Crippen molar-refractivity contribution in [1.29, 1.82) is 0 Å². The molecule has 1 aliphatic heterocycles. The van der Waals surface area contributed by atoms with Crippen LogP contribution in [0.15, 0.2) is 50.7 Å². The van der Waals surface area contributed by atoms with Crippen LogP contribution in [-0.4, -0.2) is 31.5 Å². The van der Waals surface area contributed by atoms with Crippen molar-refractivity contribution in [2.24, 2.45) is 0 Å². The normalized spacial score (nSPS) is 17.7. The number of nitrogens with zero attached hydrogens (tertiary/aromatic N) is 3. The molecular formula is C20H15N3O6S. The van der Waals surface area contributed by atoms with Gasteiger partial charge in [0.05, 0.1) is 9.95 Å². The molecule has 0 saturated heterocycles. The lowest BCUT2D eigenvalue weighted by Crippen LogP contribution is -2.29. The van der Waals surface area contributed by atoms with Gasteiger partial charge >= 0.3 is 5.97 Å². The highest BCUT2D eigenvalue weighted by atomic mass is 32.2. The summed E-state index contributed by atoms with van der Waals surface area (Å²) in [6, 6.07) is 8.23. The Morgan fingerprint density at radius 1 is 1.27 bits per heavy atom. The monoisotopic (exact) mass is 425 g/mol. The smallest absolute Gasteiger partial charge is 0.327 e. The second kappa shape index (κ2) is 6.84. The molecule has 0 spiro atoms. The number of pyridine rings is 1. The fourth-order valence-corrected chi connectivity index (χ4v) is 5.13. The van der Waals surface area contributed by atoms with E-state index in [1.165, 1.54) is 34.5 Å². The Kier molecular flexibility index (Phi) is 4.24. The third kappa shape index (κ3) is 3.00. The average Bonchev–Trinajstić information content (AvgIpc) is 3.26. The van der Waals surface area contributed by atoms with Crippen molar-refractivity contribution in [3.05, 3.63) is 62.4 Å². The Labute approximate surface area is 173 Å². The summed E-state index contributed by atoms with van der Waals surface area (Å²) < 4.78 is 6.91. The minimum absolute atomic E-state index is 0.0184. The van der Waals surface area contributed by atoms with Crippen LogP contribution in [0.1, 0.15) is 30.4 Å². The van der Waals surface area contributed by atoms with Crippen LogP contribution in [0.25, 0.3) is 22.6 Å². The van der Waals surface area contributed by atoms with E-state index in [-0.39, 0.29) is 17.2 Å². The molecule has 1 aliphatic carbocycles. The van der Waals surface area contributed by atoms with Crippen molar-refractivity contribution in [2.45, 2.75) is 29.8 Å². The van der Waals surface area contributed by atoms with Gasteiger partial charge in [0.15, 0.2) is 5.76 Å². The molecule has 1 aromatic carbocycles. The maximum Gasteiger partial charge on any atom is 0.327 e. The summed E-state index contributed by atoms with van der Waals surface area (Å²) in [4.78, 5) is 34.7. The molecule has 1 unspecified atom stereocenters. The molecule has 152 valence electrons. The SMILES string of the molecule is O=C(O)C1CSc2c(C3CC3)c(-c3cc(-c4ccc([N+](=O)[O-])cc4)no3)cc(=O)n21. The van der Waals surface area contributed by atoms with E-state index in [0.29, 0.717) is 33.4 Å². The van der Waals surface area contributed by atoms with Crippen LogP contribution in [0.5, 0.6) is 0 Å². The van der Waals surface area contributed by atoms with Gasteiger partial charge in [0, 0.05) is 41.1 Å². The number of aliphatic carboxylic acids is 1. The highest BCUT2D eigenvalue weighted by molar-refractivity contribution is 7.99. The summed E-state index contributed by atoms with van der Waals surface area (Å²) in [5.41, 5.74) is 2.33. The van der Waals surface area contributed by atoms with Crippen molar-refractivity contribution in [3.63, 3.8) is 0 Å². The van der Waals surface area contributed by atoms with Crippen LogP contribution >= 0.6 is 11.8 Å². The first-order chi connectivity index (χ1) is 14.4. The van der Waals surface area contributed by atoms with Crippen molar-refractivity contribution in [3.8, 4) is 22.6 Å². The van der Waals surface area contributed by atoms with Crippen molar-refractivity contribution >= 4 is 23.4 Å². The predicted molar refractivity (Wildman–Crippen MR) is 108 cm³/mol. The highest BCUT2D eigenvalue weighted by Gasteiger charge is 2.38. The molecule has 2 aliphatic rings. The number of carboxylic acid groups (broad SMARTS) is 1. The number of rotatable bonds is 5. The number of carboxylic acids is 1. The van der Waals surface area contributed by atoms with Crippen molar-refractivity contribution < 1.29 is 19.3 Å². The Balaban J connectivity index is 1.59. The van der Waals surface area contributed by atoms with E-state index in [0.717, 1.165) is 18.4 Å². The largest absolute Gasteiger partial charge is 0.480 e. The van der Waals surface area contributed by atoms with E-state index in [4.69, 9.17) is 4.52 Å². The standard InChI is InChI=1S/C20H15N3O6S/c24-17-7-13(18(11-1-2-11)19-22(17)15(9-30-19)20(25)26)16-8-14(21-29-16)10-3-5-12(6-4-10)23(27)28/h3-8,11,15H,1-2,9H2,(H,25,26). The number of nitro benzene ring substituents is 1. The fourth-order valence-electron chi connectivity index (χ4n) is 3.73. The van der Waals surface area contributed by atoms with Gasteiger partial charge in [-0.05, 0) is 36.5 Å². The zero-order valence-electron chi connectivity index (χ0n) is 15.5. The number of non-ortho nitro benzene ring substituents is 1. The minimum atomic E-state index is -1.02. The van der Waals surface area contributed by atoms with E-state index in [1.54, 1.807) is 18.2 Å². The second-order valence-electron chi connectivity index (χ2n) is 7.30. The predicted octanol–water partition coefficient (Wildman–Crippen LogP) is 3.69. The maximum absolute atomic E-state index is 12.8. The van der Waals surface area contributed by atoms with Crippen LogP contribution in [-0.2, 0) is 4.79 Å². The summed E-state index contributed by atoms with van der Waals surface area (Å²) in [7, 11) is 0. The lowest BCUT2D eigenvalue weighted by atomic mass is 10.0. The third-order valence-corrected chi connectivity index (χ3v) is 6.53. The summed E-state index contributed by atoms with van der Waals surface area (Å²) in [5, 5.41) is 25.1. The van der Waals surface area contributed by atoms with Crippen LogP contribution in [0.4, 0.5) is 5.69 Å². The molecule has 0 radical (unpaired) electrons. The van der Waals surface area contributed by atoms with Gasteiger partial charge in [0.25, 0.3) is 11.2 Å². The molecule has 3 aromatic rings. The fraction of sp³-hybridized carbons (Fsp3) is 0.250. The molecule has 1 N–H and O–H groups in total. The number of benzene rings is 1. The Morgan fingerprint density at radius 2 is 2.00 bits per heavy atom. The first-order valence-electron chi connectivity index (χ1n) is 9.31. The van der Waals surface area contributed by atoms with Crippen LogP contribution in [0, 0.1) is 10.1 Å². The zero-order chi connectivity index (χ0) is 21.0. The summed E-state index contributed by atoms with van der Waals surface area (Å²) in [6.45, 7) is 0. The Hall–Kier alpha value is -3.40. The second-order valence-corrected chi connectivity index (χ2v) is 8.31. The number of hydrogen-bond donors (Lipinski definition) is 1. The van der Waals surface area contributed by atoms with E-state index < -0.39 is 16.9 Å². The maximum atomic E-state index is 12.8. The quantitative estimate of drug-likeness (QED) is 0.484. The topological polar surface area (TPSA) is 128 Å². The molecule has 0 bridgehead atoms. The zero-order valence-corrected chi connectivity index (χ0v) is 16.3. The van der Waals surface area contributed by atoms with E-state index >= 15 is 0 Å². The third-order valence-electron chi connectivity index (χ3n) is 5.35. The van der Waals surface area contributed by atoms with Gasteiger partial charge in [-0.2, -0.15) is 0 Å². The molecule has 9 nitrogen and oxygen atoms in total. The highest BCUT2D eigenvalue weighted by Crippen LogP contribution is 2.50. The molecule has 30 heavy (non-hydrogen) atoms. The molecule has 10 heteroatoms. The Bertz CT molecular complexity index is 1240. The summed E-state index contributed by atoms with van der Waals surface area (Å²) in [5.74, 6) is -0.0176. The molecule has 1 atom stereocenters. The molecular weight excluding hydrogens is 410 g/mol. The Morgan fingerprint density at radius 3 is 2.63 bits per heavy atom. The van der Waals surface area contributed by atoms with Crippen LogP contribution < -0.4 is 5.56 Å². The first kappa shape index (κ1) is 18.6. The van der Waals surface area contributed by atoms with Crippen LogP contribution in [0.2, 0.25) is 0 Å². The minimum Gasteiger partial charge on any atom is -0.480 e. The van der Waals surface area contributed by atoms with Gasteiger partial charge in [-0.15, -0.1) is 11.8 Å². The molecule has 1 fully saturated rings. The van der Waals surface area contributed by atoms with Crippen LogP contribution in [0.3, 0.4) is 0 Å². The molecule has 2 aromatic heterocycles. The van der Waals surface area contributed by atoms with Crippen molar-refractivity contribution in [2.75, 3.05) is 5.75 Å². The van der Waals surface area contributed by atoms with Gasteiger partial charge in [-0.25, -0.2) is 4.79 Å². The van der Waals surface area contributed by atoms with Gasteiger partial charge in [-0.3, -0.25) is 19.5 Å². The number of aromatic nitrogens is 2. The molecule has 5 rings (SSSR count). The number of nitro groups is 1. The van der Waals surface area contributed by atoms with Gasteiger partial charge < -0.3 is 9.63 Å². The van der Waals surface area contributed by atoms with Gasteiger partial charge in [0.2, 0.25) is 0 Å². The van der Waals surface area contributed by atoms with Gasteiger partial charge in [0.1, 0.15) is 11.7 Å². The summed E-state index contributed by atoms with van der Waals surface area (Å²) >= 11 is 1.39. The number of thioether (sulfide) groups is 1. The first-order valence-corrected chi connectivity index (χ1v) is 10.3. The lowest BCUT2D eigenvalue weighted by Gasteiger charge is -2.14. The molecule has 0 amide bonds. The van der Waals surface area contributed by atoms with E-state index in [9.17, 15) is 24.8 Å². The number of fused-ring (bicyclic) bond motifs is 1. The molecule has 3 heterocycles. The molecule has 1 saturated carbocycles. The van der Waals surface area contributed by atoms with Gasteiger partial charge in [-0.1, -0.05) is 5.16 Å². The van der Waals surface area contributed by atoms with E-state index in [2.05, 4.69) is 5.16 Å². The van der Waals surface area contributed by atoms with E-state index in [1.807, 2.05) is 0 Å². The van der Waals surface area contributed by atoms with Crippen molar-refractivity contribution in [1.82, 2.24) is 9.72 Å². The lowest BCUT2D eigenvalue weighted by molar-refractivity contribution is -0.384.